The maximum atomic E-state index is 12.6. The Labute approximate surface area is 183 Å². The van der Waals surface area contributed by atoms with Gasteiger partial charge in [-0.2, -0.15) is 4.98 Å². The number of rotatable bonds is 3. The first-order chi connectivity index (χ1) is 15.2. The Morgan fingerprint density at radius 1 is 0.935 bits per heavy atom. The fourth-order valence-corrected chi connectivity index (χ4v) is 6.96. The van der Waals surface area contributed by atoms with Gasteiger partial charge in [-0.1, -0.05) is 6.07 Å². The molecule has 3 atom stereocenters. The molecule has 0 spiro atoms. The van der Waals surface area contributed by atoms with Gasteiger partial charge in [0.1, 0.15) is 11.2 Å². The highest BCUT2D eigenvalue weighted by molar-refractivity contribution is 7.85. The average Bonchev–Trinajstić information content (AvgIpc) is 3.52. The number of aromatic nitrogens is 4. The van der Waals surface area contributed by atoms with Crippen LogP contribution in [0.5, 0.6) is 0 Å². The standard InChI is InChI=1S/C23H24N6OS/c30-31-8-5-20-21(31)22(27-7-6-24-14-27)26-23(25-20)29-12-17-10-28(11-18(17)13-29)19-4-3-15-1-2-16(15)9-19/h3-4,6-7,9,14,17-18H,1-2,5,8,10-13H2/t17?,18?,31-/m1/s1. The van der Waals surface area contributed by atoms with Crippen molar-refractivity contribution in [2.24, 2.45) is 11.8 Å². The van der Waals surface area contributed by atoms with Crippen LogP contribution < -0.4 is 9.80 Å². The number of benzene rings is 1. The van der Waals surface area contributed by atoms with E-state index in [9.17, 15) is 4.21 Å². The van der Waals surface area contributed by atoms with E-state index in [-0.39, 0.29) is 0 Å². The molecule has 3 aromatic rings. The third-order valence-corrected chi connectivity index (χ3v) is 8.84. The van der Waals surface area contributed by atoms with Crippen molar-refractivity contribution < 1.29 is 4.21 Å². The molecule has 0 bridgehead atoms. The van der Waals surface area contributed by atoms with Crippen LogP contribution in [0, 0.1) is 11.8 Å². The summed E-state index contributed by atoms with van der Waals surface area (Å²) in [6.45, 7) is 4.17. The van der Waals surface area contributed by atoms with Gasteiger partial charge in [0.05, 0.1) is 16.5 Å². The van der Waals surface area contributed by atoms with E-state index in [4.69, 9.17) is 9.97 Å². The Bertz CT molecular complexity index is 1200. The molecule has 7 nitrogen and oxygen atoms in total. The topological polar surface area (TPSA) is 67.2 Å². The summed E-state index contributed by atoms with van der Waals surface area (Å²) in [5, 5.41) is 0. The van der Waals surface area contributed by atoms with Crippen LogP contribution in [0.2, 0.25) is 0 Å². The number of hydrogen-bond donors (Lipinski definition) is 0. The van der Waals surface area contributed by atoms with E-state index in [0.29, 0.717) is 17.6 Å². The van der Waals surface area contributed by atoms with E-state index in [1.165, 1.54) is 29.7 Å². The lowest BCUT2D eigenvalue weighted by atomic mass is 9.88. The second-order valence-electron chi connectivity index (χ2n) is 9.18. The van der Waals surface area contributed by atoms with Gasteiger partial charge in [0.25, 0.3) is 0 Å². The van der Waals surface area contributed by atoms with Crippen molar-refractivity contribution in [1.29, 1.82) is 0 Å². The minimum absolute atomic E-state index is 0.633. The third-order valence-electron chi connectivity index (χ3n) is 7.39. The van der Waals surface area contributed by atoms with Gasteiger partial charge >= 0.3 is 0 Å². The lowest BCUT2D eigenvalue weighted by molar-refractivity contribution is 0.533. The molecule has 158 valence electrons. The van der Waals surface area contributed by atoms with Gasteiger partial charge in [0, 0.05) is 68.3 Å². The fourth-order valence-electron chi connectivity index (χ4n) is 5.61. The SMILES string of the molecule is O=[S@@]1CCc2nc(N3CC4CN(c5ccc6c(c5)CC6)CC4C3)nc(-n3ccnc3)c21. The van der Waals surface area contributed by atoms with Crippen molar-refractivity contribution in [1.82, 2.24) is 19.5 Å². The Hall–Kier alpha value is -2.74. The Morgan fingerprint density at radius 2 is 1.74 bits per heavy atom. The number of imidazole rings is 1. The summed E-state index contributed by atoms with van der Waals surface area (Å²) in [4.78, 5) is 19.6. The zero-order valence-corrected chi connectivity index (χ0v) is 18.1. The highest BCUT2D eigenvalue weighted by Gasteiger charge is 2.41. The summed E-state index contributed by atoms with van der Waals surface area (Å²) in [5.41, 5.74) is 5.38. The van der Waals surface area contributed by atoms with Crippen LogP contribution in [0.4, 0.5) is 11.6 Å². The minimum atomic E-state index is -1.03. The van der Waals surface area contributed by atoms with E-state index in [2.05, 4.69) is 33.0 Å². The van der Waals surface area contributed by atoms with Gasteiger partial charge in [0.15, 0.2) is 5.82 Å². The maximum Gasteiger partial charge on any atom is 0.227 e. The van der Waals surface area contributed by atoms with Gasteiger partial charge in [-0.3, -0.25) is 8.78 Å². The molecule has 2 saturated heterocycles. The van der Waals surface area contributed by atoms with Crippen LogP contribution in [-0.2, 0) is 30.1 Å². The first-order valence-electron chi connectivity index (χ1n) is 11.1. The van der Waals surface area contributed by atoms with Crippen molar-refractivity contribution in [2.75, 3.05) is 41.7 Å². The van der Waals surface area contributed by atoms with Crippen molar-refractivity contribution >= 4 is 22.4 Å². The summed E-state index contributed by atoms with van der Waals surface area (Å²) < 4.78 is 14.4. The number of nitrogens with zero attached hydrogens (tertiary/aromatic N) is 6. The number of aryl methyl sites for hydroxylation is 3. The number of fused-ring (bicyclic) bond motifs is 3. The molecule has 4 aliphatic rings. The Morgan fingerprint density at radius 3 is 2.45 bits per heavy atom. The van der Waals surface area contributed by atoms with Gasteiger partial charge in [-0.25, -0.2) is 9.97 Å². The molecule has 8 heteroatoms. The quantitative estimate of drug-likeness (QED) is 0.631. The van der Waals surface area contributed by atoms with E-state index in [0.717, 1.165) is 55.0 Å². The van der Waals surface area contributed by atoms with Crippen molar-refractivity contribution in [3.8, 4) is 5.82 Å². The molecule has 0 saturated carbocycles. The van der Waals surface area contributed by atoms with E-state index in [1.54, 1.807) is 12.5 Å². The van der Waals surface area contributed by atoms with Crippen LogP contribution in [0.15, 0.2) is 41.8 Å². The molecular weight excluding hydrogens is 408 g/mol. The van der Waals surface area contributed by atoms with Gasteiger partial charge in [-0.15, -0.1) is 0 Å². The molecule has 2 unspecified atom stereocenters. The molecule has 2 aromatic heterocycles. The molecule has 5 heterocycles. The smallest absolute Gasteiger partial charge is 0.227 e. The zero-order valence-electron chi connectivity index (χ0n) is 17.3. The Kier molecular flexibility index (Phi) is 3.82. The lowest BCUT2D eigenvalue weighted by Gasteiger charge is -2.26. The van der Waals surface area contributed by atoms with Gasteiger partial charge in [0.2, 0.25) is 5.95 Å². The molecule has 7 rings (SSSR count). The third kappa shape index (κ3) is 2.77. The first kappa shape index (κ1) is 17.9. The van der Waals surface area contributed by atoms with E-state index < -0.39 is 10.8 Å². The van der Waals surface area contributed by atoms with E-state index in [1.807, 2.05) is 10.8 Å². The van der Waals surface area contributed by atoms with Crippen LogP contribution in [-0.4, -0.2) is 55.7 Å². The second kappa shape index (κ2) is 6.63. The molecule has 2 fully saturated rings. The van der Waals surface area contributed by atoms with Crippen LogP contribution in [0.3, 0.4) is 0 Å². The Balaban J connectivity index is 1.15. The first-order valence-corrected chi connectivity index (χ1v) is 12.4. The van der Waals surface area contributed by atoms with Crippen LogP contribution in [0.25, 0.3) is 5.82 Å². The molecule has 0 N–H and O–H groups in total. The predicted molar refractivity (Wildman–Crippen MR) is 119 cm³/mol. The summed E-state index contributed by atoms with van der Waals surface area (Å²) in [5.74, 6) is 3.41. The summed E-state index contributed by atoms with van der Waals surface area (Å²) in [6, 6.07) is 7.02. The lowest BCUT2D eigenvalue weighted by Crippen LogP contribution is -2.30. The highest BCUT2D eigenvalue weighted by Crippen LogP contribution is 2.38. The highest BCUT2D eigenvalue weighted by atomic mass is 32.2. The molecule has 1 aromatic carbocycles. The zero-order chi connectivity index (χ0) is 20.5. The van der Waals surface area contributed by atoms with Crippen molar-refractivity contribution in [3.63, 3.8) is 0 Å². The number of hydrogen-bond acceptors (Lipinski definition) is 6. The maximum absolute atomic E-state index is 12.6. The van der Waals surface area contributed by atoms with Crippen molar-refractivity contribution in [3.05, 3.63) is 53.7 Å². The molecular formula is C23H24N6OS. The summed E-state index contributed by atoms with van der Waals surface area (Å²) >= 11 is 0. The minimum Gasteiger partial charge on any atom is -0.371 e. The monoisotopic (exact) mass is 432 g/mol. The van der Waals surface area contributed by atoms with Crippen LogP contribution in [0.1, 0.15) is 16.8 Å². The van der Waals surface area contributed by atoms with Crippen LogP contribution >= 0.6 is 0 Å². The predicted octanol–water partition coefficient (Wildman–Crippen LogP) is 2.00. The average molecular weight is 433 g/mol. The van der Waals surface area contributed by atoms with Crippen molar-refractivity contribution in [2.45, 2.75) is 24.2 Å². The molecule has 1 aliphatic carbocycles. The van der Waals surface area contributed by atoms with E-state index >= 15 is 0 Å². The molecule has 3 aliphatic heterocycles. The molecule has 0 radical (unpaired) electrons. The van der Waals surface area contributed by atoms with Gasteiger partial charge < -0.3 is 9.80 Å². The normalized spacial score (nSPS) is 26.0. The largest absolute Gasteiger partial charge is 0.371 e. The molecule has 31 heavy (non-hydrogen) atoms. The summed E-state index contributed by atoms with van der Waals surface area (Å²) in [6.07, 6.45) is 8.56. The number of anilines is 2. The second-order valence-corrected chi connectivity index (χ2v) is 10.7. The van der Waals surface area contributed by atoms with Gasteiger partial charge in [-0.05, 0) is 36.1 Å². The fraction of sp³-hybridized carbons (Fsp3) is 0.435. The summed E-state index contributed by atoms with van der Waals surface area (Å²) in [7, 11) is -1.03. The molecule has 0 amide bonds.